The Balaban J connectivity index is 3.53. The lowest BCUT2D eigenvalue weighted by Gasteiger charge is -2.17. The lowest BCUT2D eigenvalue weighted by molar-refractivity contribution is -0.137. The number of hydrogen-bond donors (Lipinski definition) is 9. The molecule has 0 heterocycles. The summed E-state index contributed by atoms with van der Waals surface area (Å²) in [6.45, 7) is 1.93. The molecule has 15 nitrogen and oxygen atoms in total. The molecule has 178 valence electrons. The monoisotopic (exact) mass is 449 g/mol. The maximum Gasteiger partial charge on any atom is 0.407 e. The summed E-state index contributed by atoms with van der Waals surface area (Å²) in [6.07, 6.45) is -2.52. The summed E-state index contributed by atoms with van der Waals surface area (Å²) in [5.74, 6) is -1.85. The van der Waals surface area contributed by atoms with Crippen molar-refractivity contribution in [1.82, 2.24) is 36.8 Å². The normalized spacial score (nSPS) is 10.2. The van der Waals surface area contributed by atoms with E-state index in [4.69, 9.17) is 15.3 Å². The Labute approximate surface area is 178 Å². The summed E-state index contributed by atoms with van der Waals surface area (Å²) < 4.78 is 0. The summed E-state index contributed by atoms with van der Waals surface area (Å²) in [5.41, 5.74) is 0. The molecule has 0 aliphatic heterocycles. The number of carbonyl (C=O) groups excluding carboxylic acids is 2. The lowest BCUT2D eigenvalue weighted by Crippen LogP contribution is -2.43. The van der Waals surface area contributed by atoms with E-state index in [2.05, 4.69) is 31.9 Å². The average Bonchev–Trinajstić information content (AvgIpc) is 2.68. The van der Waals surface area contributed by atoms with Crippen molar-refractivity contribution in [2.75, 3.05) is 72.0 Å². The van der Waals surface area contributed by atoms with Crippen LogP contribution in [0.5, 0.6) is 0 Å². The van der Waals surface area contributed by atoms with Crippen LogP contribution in [-0.2, 0) is 14.4 Å². The highest BCUT2D eigenvalue weighted by Gasteiger charge is 2.15. The molecule has 9 N–H and O–H groups in total. The number of amides is 4. The second kappa shape index (κ2) is 17.7. The van der Waals surface area contributed by atoms with Crippen molar-refractivity contribution in [3.63, 3.8) is 0 Å². The zero-order chi connectivity index (χ0) is 23.5. The number of carboxylic acid groups (broad SMARTS) is 3. The number of hydrogen-bond acceptors (Lipinski definition) is 8. The van der Waals surface area contributed by atoms with Gasteiger partial charge in [0.25, 0.3) is 0 Å². The predicted molar refractivity (Wildman–Crippen MR) is 108 cm³/mol. The molecule has 0 bridgehead atoms. The van der Waals surface area contributed by atoms with Gasteiger partial charge >= 0.3 is 18.2 Å². The quantitative estimate of drug-likeness (QED) is 0.0927. The Morgan fingerprint density at radius 1 is 0.613 bits per heavy atom. The number of carbonyl (C=O) groups is 5. The number of carboxylic acids is 1. The number of nitrogens with zero attached hydrogens (tertiary/aromatic N) is 1. The number of aliphatic carboxylic acids is 1. The minimum atomic E-state index is -1.37. The van der Waals surface area contributed by atoms with Crippen molar-refractivity contribution in [2.24, 2.45) is 0 Å². The summed E-state index contributed by atoms with van der Waals surface area (Å²) in [6, 6.07) is 0. The molecule has 0 spiro atoms. The first-order valence-corrected chi connectivity index (χ1v) is 9.54. The van der Waals surface area contributed by atoms with Gasteiger partial charge in [-0.15, -0.1) is 0 Å². The maximum atomic E-state index is 11.6. The summed E-state index contributed by atoms with van der Waals surface area (Å²) >= 11 is 0. The molecule has 0 aromatic heterocycles. The van der Waals surface area contributed by atoms with E-state index in [1.807, 2.05) is 0 Å². The maximum absolute atomic E-state index is 11.6. The van der Waals surface area contributed by atoms with Crippen LogP contribution in [-0.4, -0.2) is 122 Å². The Morgan fingerprint density at radius 3 is 1.58 bits per heavy atom. The van der Waals surface area contributed by atoms with E-state index in [1.54, 1.807) is 0 Å². The SMILES string of the molecule is O=C(O)CN(CCNC(=O)CNCCNCCNCC(=O)NCCNC(=O)O)C(=O)O. The highest BCUT2D eigenvalue weighted by atomic mass is 16.4. The van der Waals surface area contributed by atoms with Gasteiger partial charge in [0.05, 0.1) is 13.1 Å². The minimum absolute atomic E-state index is 0.00760. The topological polar surface area (TPSA) is 221 Å². The Morgan fingerprint density at radius 2 is 1.10 bits per heavy atom. The predicted octanol–water partition coefficient (Wildman–Crippen LogP) is -3.68. The zero-order valence-electron chi connectivity index (χ0n) is 17.1. The molecule has 0 atom stereocenters. The van der Waals surface area contributed by atoms with Crippen molar-refractivity contribution in [2.45, 2.75) is 0 Å². The van der Waals surface area contributed by atoms with Gasteiger partial charge in [0.15, 0.2) is 0 Å². The third-order valence-electron chi connectivity index (χ3n) is 3.55. The summed E-state index contributed by atoms with van der Waals surface area (Å²) in [7, 11) is 0. The van der Waals surface area contributed by atoms with Gasteiger partial charge in [-0.25, -0.2) is 9.59 Å². The zero-order valence-corrected chi connectivity index (χ0v) is 17.1. The highest BCUT2D eigenvalue weighted by molar-refractivity contribution is 5.78. The van der Waals surface area contributed by atoms with Crippen LogP contribution in [0.2, 0.25) is 0 Å². The fourth-order valence-corrected chi connectivity index (χ4v) is 2.11. The molecular weight excluding hydrogens is 418 g/mol. The fourth-order valence-electron chi connectivity index (χ4n) is 2.11. The smallest absolute Gasteiger partial charge is 0.407 e. The molecule has 0 rings (SSSR count). The van der Waals surface area contributed by atoms with Gasteiger partial charge in [0, 0.05) is 52.4 Å². The van der Waals surface area contributed by atoms with Crippen LogP contribution in [0.3, 0.4) is 0 Å². The number of rotatable bonds is 18. The fraction of sp³-hybridized carbons (Fsp3) is 0.688. The molecule has 0 saturated heterocycles. The van der Waals surface area contributed by atoms with Crippen molar-refractivity contribution >= 4 is 30.0 Å². The third kappa shape index (κ3) is 18.6. The molecule has 31 heavy (non-hydrogen) atoms. The van der Waals surface area contributed by atoms with Crippen LogP contribution in [0.1, 0.15) is 0 Å². The Kier molecular flexibility index (Phi) is 15.9. The first kappa shape index (κ1) is 27.8. The van der Waals surface area contributed by atoms with Gasteiger partial charge in [-0.1, -0.05) is 0 Å². The van der Waals surface area contributed by atoms with E-state index in [9.17, 15) is 24.0 Å². The molecular formula is C16H31N7O8. The van der Waals surface area contributed by atoms with Gasteiger partial charge in [-0.05, 0) is 0 Å². The molecule has 0 fully saturated rings. The minimum Gasteiger partial charge on any atom is -0.480 e. The van der Waals surface area contributed by atoms with Gasteiger partial charge < -0.3 is 47.2 Å². The van der Waals surface area contributed by atoms with Gasteiger partial charge in [-0.3, -0.25) is 19.3 Å². The molecule has 0 aliphatic carbocycles. The Hall–Kier alpha value is -3.17. The van der Waals surface area contributed by atoms with Crippen LogP contribution in [0.4, 0.5) is 9.59 Å². The van der Waals surface area contributed by atoms with Crippen LogP contribution in [0.25, 0.3) is 0 Å². The second-order valence-corrected chi connectivity index (χ2v) is 6.13. The van der Waals surface area contributed by atoms with E-state index in [0.717, 1.165) is 0 Å². The summed E-state index contributed by atoms with van der Waals surface area (Å²) in [5, 5.41) is 41.9. The van der Waals surface area contributed by atoms with E-state index >= 15 is 0 Å². The third-order valence-corrected chi connectivity index (χ3v) is 3.55. The highest BCUT2D eigenvalue weighted by Crippen LogP contribution is 1.88. The first-order valence-electron chi connectivity index (χ1n) is 9.54. The van der Waals surface area contributed by atoms with E-state index in [-0.39, 0.29) is 51.1 Å². The molecule has 0 unspecified atom stereocenters. The molecule has 0 saturated carbocycles. The van der Waals surface area contributed by atoms with E-state index < -0.39 is 24.7 Å². The average molecular weight is 449 g/mol. The van der Waals surface area contributed by atoms with Crippen molar-refractivity contribution in [3.8, 4) is 0 Å². The molecule has 0 aromatic carbocycles. The van der Waals surface area contributed by atoms with Crippen molar-refractivity contribution in [1.29, 1.82) is 0 Å². The van der Waals surface area contributed by atoms with Crippen LogP contribution < -0.4 is 31.9 Å². The van der Waals surface area contributed by atoms with Crippen molar-refractivity contribution < 1.29 is 39.3 Å². The van der Waals surface area contributed by atoms with Crippen LogP contribution >= 0.6 is 0 Å². The van der Waals surface area contributed by atoms with E-state index in [0.29, 0.717) is 31.1 Å². The Bertz CT molecular complexity index is 590. The van der Waals surface area contributed by atoms with Crippen molar-refractivity contribution in [3.05, 3.63) is 0 Å². The van der Waals surface area contributed by atoms with Gasteiger partial charge in [0.1, 0.15) is 6.54 Å². The molecule has 0 radical (unpaired) electrons. The second-order valence-electron chi connectivity index (χ2n) is 6.13. The molecule has 15 heteroatoms. The van der Waals surface area contributed by atoms with Crippen LogP contribution in [0.15, 0.2) is 0 Å². The standard InChI is InChI=1S/C16H31N7O8/c24-12(20-5-6-22-15(28)29)9-18-3-1-17-2-4-19-10-13(25)21-7-8-23(16(30)31)11-14(26)27/h17-19,22H,1-11H2,(H,20,24)(H,21,25)(H,26,27)(H,28,29)(H,30,31). The van der Waals surface area contributed by atoms with Gasteiger partial charge in [0.2, 0.25) is 11.8 Å². The summed E-state index contributed by atoms with van der Waals surface area (Å²) in [4.78, 5) is 55.4. The first-order chi connectivity index (χ1) is 14.7. The largest absolute Gasteiger partial charge is 0.480 e. The van der Waals surface area contributed by atoms with E-state index in [1.165, 1.54) is 0 Å². The van der Waals surface area contributed by atoms with Gasteiger partial charge in [-0.2, -0.15) is 0 Å². The van der Waals surface area contributed by atoms with Crippen LogP contribution in [0, 0.1) is 0 Å². The molecule has 4 amide bonds. The molecule has 0 aromatic rings. The number of nitrogens with one attached hydrogen (secondary N) is 6. The molecule has 0 aliphatic rings. The lowest BCUT2D eigenvalue weighted by atomic mass is 10.4.